The molecule has 0 unspecified atom stereocenters. The van der Waals surface area contributed by atoms with Crippen LogP contribution >= 0.6 is 0 Å². The smallest absolute Gasteiger partial charge is 0.214 e. The number of rotatable bonds is 6. The molecule has 0 heterocycles. The van der Waals surface area contributed by atoms with Crippen molar-refractivity contribution in [3.63, 3.8) is 0 Å². The average Bonchev–Trinajstić information content (AvgIpc) is 1.87. The Hall–Kier alpha value is -0.130. The molecule has 0 bridgehead atoms. The van der Waals surface area contributed by atoms with Crippen molar-refractivity contribution in [3.05, 3.63) is 0 Å². The molecular weight excluding hydrogens is 164 g/mol. The Labute approximate surface area is 69.6 Å². The Morgan fingerprint density at radius 1 is 1.18 bits per heavy atom. The molecule has 0 radical (unpaired) electrons. The predicted octanol–water partition coefficient (Wildman–Crippen LogP) is 0.139. The van der Waals surface area contributed by atoms with Crippen molar-refractivity contribution in [2.24, 2.45) is 0 Å². The fourth-order valence-electron chi connectivity index (χ4n) is 0.867. The van der Waals surface area contributed by atoms with Crippen LogP contribution in [0.25, 0.3) is 0 Å². The summed E-state index contributed by atoms with van der Waals surface area (Å²) in [7, 11) is -2.49. The molecule has 0 atom stereocenters. The van der Waals surface area contributed by atoms with Gasteiger partial charge >= 0.3 is 0 Å². The van der Waals surface area contributed by atoms with E-state index in [1.807, 2.05) is 13.8 Å². The summed E-state index contributed by atoms with van der Waals surface area (Å²) in [5.41, 5.74) is 0. The van der Waals surface area contributed by atoms with Crippen LogP contribution < -0.4 is 4.83 Å². The second-order valence-corrected chi connectivity index (χ2v) is 3.06. The molecule has 0 rings (SSSR count). The predicted molar refractivity (Wildman–Crippen MR) is 45.6 cm³/mol. The van der Waals surface area contributed by atoms with Crippen LogP contribution in [0.15, 0.2) is 0 Å². The molecular formula is C6H16N2O2S. The van der Waals surface area contributed by atoms with Gasteiger partial charge in [-0.1, -0.05) is 13.8 Å². The molecule has 0 aromatic rings. The van der Waals surface area contributed by atoms with Crippen LogP contribution in [0.2, 0.25) is 0 Å². The lowest BCUT2D eigenvalue weighted by Crippen LogP contribution is -2.37. The van der Waals surface area contributed by atoms with Gasteiger partial charge < -0.3 is 0 Å². The largest absolute Gasteiger partial charge is 0.231 e. The third-order valence-corrected chi connectivity index (χ3v) is 1.66. The third kappa shape index (κ3) is 6.28. The maximum Gasteiger partial charge on any atom is 0.214 e. The van der Waals surface area contributed by atoms with E-state index in [0.717, 1.165) is 25.9 Å². The van der Waals surface area contributed by atoms with E-state index in [-0.39, 0.29) is 0 Å². The molecule has 0 aromatic heterocycles. The van der Waals surface area contributed by atoms with Gasteiger partial charge in [-0.2, -0.15) is 4.83 Å². The van der Waals surface area contributed by atoms with Gasteiger partial charge in [-0.3, -0.25) is 0 Å². The van der Waals surface area contributed by atoms with Crippen LogP contribution in [0.1, 0.15) is 26.7 Å². The zero-order valence-electron chi connectivity index (χ0n) is 7.04. The first-order valence-electron chi connectivity index (χ1n) is 3.86. The first kappa shape index (κ1) is 10.9. The number of thiol groups is 1. The molecule has 4 nitrogen and oxygen atoms in total. The lowest BCUT2D eigenvalue weighted by atomic mass is 10.4. The molecule has 11 heavy (non-hydrogen) atoms. The second kappa shape index (κ2) is 6.57. The van der Waals surface area contributed by atoms with E-state index in [4.69, 9.17) is 0 Å². The van der Waals surface area contributed by atoms with Gasteiger partial charge in [0.1, 0.15) is 0 Å². The van der Waals surface area contributed by atoms with Gasteiger partial charge in [0.05, 0.1) is 0 Å². The summed E-state index contributed by atoms with van der Waals surface area (Å²) in [6.07, 6.45) is 1.91. The maximum absolute atomic E-state index is 10.2. The average molecular weight is 180 g/mol. The van der Waals surface area contributed by atoms with Gasteiger partial charge in [0.25, 0.3) is 0 Å². The van der Waals surface area contributed by atoms with E-state index >= 15 is 0 Å². The highest BCUT2D eigenvalue weighted by Gasteiger charge is 2.00. The summed E-state index contributed by atoms with van der Waals surface area (Å²) in [5, 5.41) is 1.71. The Bertz CT molecular complexity index is 145. The van der Waals surface area contributed by atoms with Crippen molar-refractivity contribution in [2.75, 3.05) is 13.1 Å². The zero-order chi connectivity index (χ0) is 8.69. The summed E-state index contributed by atoms with van der Waals surface area (Å²) < 4.78 is 20.5. The normalized spacial score (nSPS) is 11.3. The van der Waals surface area contributed by atoms with Crippen LogP contribution in [-0.4, -0.2) is 26.5 Å². The highest BCUT2D eigenvalue weighted by molar-refractivity contribution is 7.70. The zero-order valence-corrected chi connectivity index (χ0v) is 7.93. The fourth-order valence-corrected chi connectivity index (χ4v) is 1.30. The number of nitrogens with zero attached hydrogens (tertiary/aromatic N) is 1. The van der Waals surface area contributed by atoms with E-state index in [0.29, 0.717) is 0 Å². The van der Waals surface area contributed by atoms with Crippen molar-refractivity contribution in [2.45, 2.75) is 26.7 Å². The minimum absolute atomic E-state index is 0.775. The van der Waals surface area contributed by atoms with E-state index in [2.05, 4.69) is 4.83 Å². The monoisotopic (exact) mass is 180 g/mol. The highest BCUT2D eigenvalue weighted by atomic mass is 32.2. The Balaban J connectivity index is 3.68. The quantitative estimate of drug-likeness (QED) is 0.451. The highest BCUT2D eigenvalue weighted by Crippen LogP contribution is 1.88. The van der Waals surface area contributed by atoms with E-state index in [1.54, 1.807) is 5.01 Å². The summed E-state index contributed by atoms with van der Waals surface area (Å²) in [5.74, 6) is 0. The molecule has 0 aromatic carbocycles. The molecule has 0 saturated heterocycles. The molecule has 0 aliphatic carbocycles. The van der Waals surface area contributed by atoms with Crippen molar-refractivity contribution < 1.29 is 8.42 Å². The van der Waals surface area contributed by atoms with Gasteiger partial charge in [-0.05, 0) is 12.8 Å². The first-order chi connectivity index (χ1) is 5.20. The van der Waals surface area contributed by atoms with Crippen molar-refractivity contribution in [3.8, 4) is 0 Å². The Kier molecular flexibility index (Phi) is 6.49. The third-order valence-electron chi connectivity index (χ3n) is 1.21. The fraction of sp³-hybridized carbons (Fsp3) is 1.00. The number of hydrazine groups is 1. The molecule has 1 N–H and O–H groups in total. The summed E-state index contributed by atoms with van der Waals surface area (Å²) >= 11 is 0. The van der Waals surface area contributed by atoms with E-state index < -0.39 is 10.9 Å². The Morgan fingerprint density at radius 2 is 1.64 bits per heavy atom. The maximum atomic E-state index is 10.2. The van der Waals surface area contributed by atoms with Gasteiger partial charge in [0.2, 0.25) is 10.9 Å². The minimum Gasteiger partial charge on any atom is -0.231 e. The van der Waals surface area contributed by atoms with Crippen LogP contribution in [0.4, 0.5) is 0 Å². The van der Waals surface area contributed by atoms with Crippen LogP contribution in [-0.2, 0) is 10.9 Å². The Morgan fingerprint density at radius 3 is 1.91 bits per heavy atom. The van der Waals surface area contributed by atoms with Gasteiger partial charge in [-0.25, -0.2) is 13.4 Å². The number of nitrogens with one attached hydrogen (secondary N) is 1. The lowest BCUT2D eigenvalue weighted by Gasteiger charge is -2.17. The van der Waals surface area contributed by atoms with E-state index in [9.17, 15) is 8.42 Å². The molecule has 5 heteroatoms. The van der Waals surface area contributed by atoms with Crippen molar-refractivity contribution >= 4 is 10.9 Å². The molecule has 0 spiro atoms. The molecule has 68 valence electrons. The molecule has 0 saturated carbocycles. The number of hydrogen-bond donors (Lipinski definition) is 2. The second-order valence-electron chi connectivity index (χ2n) is 2.34. The molecule has 0 aliphatic rings. The lowest BCUT2D eigenvalue weighted by molar-refractivity contribution is 0.244. The summed E-state index contributed by atoms with van der Waals surface area (Å²) in [6, 6.07) is 0. The van der Waals surface area contributed by atoms with Gasteiger partial charge in [0.15, 0.2) is 0 Å². The van der Waals surface area contributed by atoms with Gasteiger partial charge in [0, 0.05) is 13.1 Å². The van der Waals surface area contributed by atoms with Crippen LogP contribution in [0, 0.1) is 0 Å². The molecule has 0 fully saturated rings. The molecule has 0 amide bonds. The minimum atomic E-state index is -2.49. The van der Waals surface area contributed by atoms with Crippen LogP contribution in [0.3, 0.4) is 0 Å². The first-order valence-corrected chi connectivity index (χ1v) is 5.04. The van der Waals surface area contributed by atoms with Gasteiger partial charge in [-0.15, -0.1) is 0 Å². The number of hydrogen-bond acceptors (Lipinski definition) is 3. The van der Waals surface area contributed by atoms with Crippen molar-refractivity contribution in [1.82, 2.24) is 9.84 Å². The summed E-state index contributed by atoms with van der Waals surface area (Å²) in [4.78, 5) is 2.37. The SMILES string of the molecule is CCCN(CCC)N[SH](=O)=O. The topological polar surface area (TPSA) is 49.4 Å². The van der Waals surface area contributed by atoms with Crippen LogP contribution in [0.5, 0.6) is 0 Å². The summed E-state index contributed by atoms with van der Waals surface area (Å²) in [6.45, 7) is 5.58. The van der Waals surface area contributed by atoms with Crippen molar-refractivity contribution in [1.29, 1.82) is 0 Å². The standard InChI is InChI=1S/C6H16N2O2S/c1-3-5-8(6-4-2)7-11(9)10/h11H,3-6H2,1-2H3,(H,7,9,10). The van der Waals surface area contributed by atoms with E-state index in [1.165, 1.54) is 0 Å². The molecule has 0 aliphatic heterocycles.